The van der Waals surface area contributed by atoms with Crippen molar-refractivity contribution in [3.05, 3.63) is 22.8 Å². The van der Waals surface area contributed by atoms with Crippen molar-refractivity contribution in [2.45, 2.75) is 38.9 Å². The maximum atomic E-state index is 12.4. The van der Waals surface area contributed by atoms with Crippen molar-refractivity contribution in [2.24, 2.45) is 0 Å². The number of rotatable bonds is 4. The van der Waals surface area contributed by atoms with Crippen LogP contribution < -0.4 is 4.74 Å². The van der Waals surface area contributed by atoms with E-state index in [1.54, 1.807) is 4.90 Å². The quantitative estimate of drug-likeness (QED) is 0.585. The summed E-state index contributed by atoms with van der Waals surface area (Å²) in [6.45, 7) is 6.29. The molecule has 26 heavy (non-hydrogen) atoms. The lowest BCUT2D eigenvalue weighted by atomic mass is 10.2. The van der Waals surface area contributed by atoms with E-state index in [2.05, 4.69) is 4.98 Å². The first-order valence-electron chi connectivity index (χ1n) is 8.24. The molecule has 0 spiro atoms. The molecular formula is C17H24ClN3O5. The number of amides is 2. The number of halogens is 1. The average Bonchev–Trinajstić information content (AvgIpc) is 3.01. The molecule has 2 rings (SSSR count). The SMILES string of the molecule is CON(C)C(=O)c1ccc(Cl)nc1OC1CCN(C(=O)OC(C)(C)C)C1. The van der Waals surface area contributed by atoms with Crippen LogP contribution in [0.15, 0.2) is 12.1 Å². The molecule has 1 unspecified atom stereocenters. The van der Waals surface area contributed by atoms with E-state index in [-0.39, 0.29) is 22.7 Å². The molecule has 1 aliphatic heterocycles. The van der Waals surface area contributed by atoms with Crippen LogP contribution in [0.5, 0.6) is 5.88 Å². The summed E-state index contributed by atoms with van der Waals surface area (Å²) in [6, 6.07) is 3.04. The highest BCUT2D eigenvalue weighted by atomic mass is 35.5. The van der Waals surface area contributed by atoms with Gasteiger partial charge in [-0.2, -0.15) is 0 Å². The Bertz CT molecular complexity index is 677. The van der Waals surface area contributed by atoms with E-state index >= 15 is 0 Å². The summed E-state index contributed by atoms with van der Waals surface area (Å²) in [4.78, 5) is 35.1. The Hall–Kier alpha value is -2.06. The molecule has 1 aliphatic rings. The van der Waals surface area contributed by atoms with Gasteiger partial charge in [-0.05, 0) is 32.9 Å². The Morgan fingerprint density at radius 3 is 2.65 bits per heavy atom. The zero-order chi connectivity index (χ0) is 19.5. The number of hydrogen-bond acceptors (Lipinski definition) is 6. The molecule has 0 bridgehead atoms. The van der Waals surface area contributed by atoms with Crippen molar-refractivity contribution < 1.29 is 23.9 Å². The zero-order valence-corrected chi connectivity index (χ0v) is 16.4. The van der Waals surface area contributed by atoms with Gasteiger partial charge in [-0.3, -0.25) is 9.63 Å². The van der Waals surface area contributed by atoms with Crippen molar-refractivity contribution in [1.29, 1.82) is 0 Å². The lowest BCUT2D eigenvalue weighted by Gasteiger charge is -2.24. The van der Waals surface area contributed by atoms with Crippen molar-refractivity contribution in [3.63, 3.8) is 0 Å². The Labute approximate surface area is 157 Å². The van der Waals surface area contributed by atoms with Crippen LogP contribution in [0.3, 0.4) is 0 Å². The number of hydrogen-bond donors (Lipinski definition) is 0. The van der Waals surface area contributed by atoms with Crippen LogP contribution in [-0.2, 0) is 9.57 Å². The van der Waals surface area contributed by atoms with Gasteiger partial charge < -0.3 is 14.4 Å². The standard InChI is InChI=1S/C17H24ClN3O5/c1-17(2,3)26-16(23)21-9-8-11(10-21)25-14-12(6-7-13(18)19-14)15(22)20(4)24-5/h6-7,11H,8-10H2,1-5H3. The van der Waals surface area contributed by atoms with Crippen molar-refractivity contribution in [1.82, 2.24) is 14.9 Å². The minimum atomic E-state index is -0.561. The Kier molecular flexibility index (Phi) is 6.30. The summed E-state index contributed by atoms with van der Waals surface area (Å²) >= 11 is 5.94. The number of carbonyl (C=O) groups excluding carboxylic acids is 2. The van der Waals surface area contributed by atoms with Gasteiger partial charge in [0.25, 0.3) is 5.91 Å². The molecule has 0 aromatic carbocycles. The highest BCUT2D eigenvalue weighted by Crippen LogP contribution is 2.25. The highest BCUT2D eigenvalue weighted by molar-refractivity contribution is 6.29. The zero-order valence-electron chi connectivity index (χ0n) is 15.6. The number of carbonyl (C=O) groups is 2. The van der Waals surface area contributed by atoms with Crippen molar-refractivity contribution in [2.75, 3.05) is 27.2 Å². The third-order valence-electron chi connectivity index (χ3n) is 3.69. The monoisotopic (exact) mass is 385 g/mol. The summed E-state index contributed by atoms with van der Waals surface area (Å²) in [5, 5.41) is 1.28. The minimum absolute atomic E-state index is 0.113. The fraction of sp³-hybridized carbons (Fsp3) is 0.588. The van der Waals surface area contributed by atoms with E-state index in [0.717, 1.165) is 5.06 Å². The summed E-state index contributed by atoms with van der Waals surface area (Å²) in [6.07, 6.45) is -0.104. The average molecular weight is 386 g/mol. The van der Waals surface area contributed by atoms with Gasteiger partial charge in [0.15, 0.2) is 0 Å². The number of pyridine rings is 1. The van der Waals surface area contributed by atoms with Gasteiger partial charge in [0.1, 0.15) is 22.4 Å². The van der Waals surface area contributed by atoms with Crippen LogP contribution in [0, 0.1) is 0 Å². The molecule has 1 fully saturated rings. The maximum Gasteiger partial charge on any atom is 0.410 e. The third-order valence-corrected chi connectivity index (χ3v) is 3.90. The predicted octanol–water partition coefficient (Wildman–Crippen LogP) is 2.76. The molecule has 2 heterocycles. The van der Waals surface area contributed by atoms with E-state index in [4.69, 9.17) is 25.9 Å². The normalized spacial score (nSPS) is 17.2. The minimum Gasteiger partial charge on any atom is -0.472 e. The second-order valence-electron chi connectivity index (χ2n) is 6.93. The second kappa shape index (κ2) is 8.09. The smallest absolute Gasteiger partial charge is 0.410 e. The van der Waals surface area contributed by atoms with Crippen LogP contribution in [0.4, 0.5) is 4.79 Å². The number of nitrogens with zero attached hydrogens (tertiary/aromatic N) is 3. The van der Waals surface area contributed by atoms with Gasteiger partial charge in [-0.15, -0.1) is 0 Å². The van der Waals surface area contributed by atoms with E-state index in [9.17, 15) is 9.59 Å². The van der Waals surface area contributed by atoms with Crippen LogP contribution in [0.2, 0.25) is 5.15 Å². The van der Waals surface area contributed by atoms with Crippen molar-refractivity contribution in [3.8, 4) is 5.88 Å². The molecule has 1 aromatic rings. The van der Waals surface area contributed by atoms with Crippen LogP contribution in [0.25, 0.3) is 0 Å². The number of hydroxylamine groups is 2. The molecule has 1 atom stereocenters. The van der Waals surface area contributed by atoms with Gasteiger partial charge in [0.05, 0.1) is 13.7 Å². The lowest BCUT2D eigenvalue weighted by molar-refractivity contribution is -0.0759. The summed E-state index contributed by atoms with van der Waals surface area (Å²) in [5.74, 6) is -0.295. The molecule has 0 saturated carbocycles. The third kappa shape index (κ3) is 5.22. The fourth-order valence-electron chi connectivity index (χ4n) is 2.40. The van der Waals surface area contributed by atoms with Crippen LogP contribution >= 0.6 is 11.6 Å². The van der Waals surface area contributed by atoms with Crippen LogP contribution in [-0.4, -0.2) is 65.9 Å². The van der Waals surface area contributed by atoms with Gasteiger partial charge in [0, 0.05) is 20.0 Å². The first kappa shape index (κ1) is 20.3. The van der Waals surface area contributed by atoms with Crippen LogP contribution in [0.1, 0.15) is 37.6 Å². The molecular weight excluding hydrogens is 362 g/mol. The Balaban J connectivity index is 2.09. The van der Waals surface area contributed by atoms with Gasteiger partial charge in [-0.1, -0.05) is 11.6 Å². The molecule has 0 N–H and O–H groups in total. The van der Waals surface area contributed by atoms with E-state index < -0.39 is 17.6 Å². The number of ether oxygens (including phenoxy) is 2. The molecule has 1 saturated heterocycles. The molecule has 0 aliphatic carbocycles. The Morgan fingerprint density at radius 1 is 1.35 bits per heavy atom. The molecule has 0 radical (unpaired) electrons. The summed E-state index contributed by atoms with van der Waals surface area (Å²) < 4.78 is 11.2. The van der Waals surface area contributed by atoms with Gasteiger partial charge in [0.2, 0.25) is 5.88 Å². The molecule has 8 nitrogen and oxygen atoms in total. The largest absolute Gasteiger partial charge is 0.472 e. The topological polar surface area (TPSA) is 81.2 Å². The van der Waals surface area contributed by atoms with Gasteiger partial charge in [-0.25, -0.2) is 14.8 Å². The van der Waals surface area contributed by atoms with Crippen molar-refractivity contribution >= 4 is 23.6 Å². The molecule has 1 aromatic heterocycles. The molecule has 9 heteroatoms. The second-order valence-corrected chi connectivity index (χ2v) is 7.31. The molecule has 2 amide bonds. The Morgan fingerprint density at radius 2 is 2.04 bits per heavy atom. The predicted molar refractivity (Wildman–Crippen MR) is 95.2 cm³/mol. The number of likely N-dealkylation sites (tertiary alicyclic amines) is 1. The lowest BCUT2D eigenvalue weighted by Crippen LogP contribution is -2.36. The van der Waals surface area contributed by atoms with E-state index in [1.807, 2.05) is 20.8 Å². The fourth-order valence-corrected chi connectivity index (χ4v) is 2.54. The maximum absolute atomic E-state index is 12.4. The summed E-state index contributed by atoms with van der Waals surface area (Å²) in [5.41, 5.74) is -0.330. The van der Waals surface area contributed by atoms with E-state index in [0.29, 0.717) is 19.5 Å². The number of aromatic nitrogens is 1. The highest BCUT2D eigenvalue weighted by Gasteiger charge is 2.32. The first-order valence-corrected chi connectivity index (χ1v) is 8.62. The summed E-state index contributed by atoms with van der Waals surface area (Å²) in [7, 11) is 2.87. The first-order chi connectivity index (χ1) is 12.1. The van der Waals surface area contributed by atoms with Gasteiger partial charge >= 0.3 is 6.09 Å². The van der Waals surface area contributed by atoms with E-state index in [1.165, 1.54) is 26.3 Å². The molecule has 144 valence electrons.